The van der Waals surface area contributed by atoms with Crippen LogP contribution in [0.25, 0.3) is 5.57 Å². The fourth-order valence-electron chi connectivity index (χ4n) is 3.51. The normalized spacial score (nSPS) is 14.3. The lowest BCUT2D eigenvalue weighted by atomic mass is 10.0. The summed E-state index contributed by atoms with van der Waals surface area (Å²) in [5.41, 5.74) is 2.80. The maximum atomic E-state index is 13.3. The van der Waals surface area contributed by atoms with Crippen molar-refractivity contribution in [3.05, 3.63) is 70.6 Å². The van der Waals surface area contributed by atoms with Gasteiger partial charge in [-0.15, -0.1) is 0 Å². The summed E-state index contributed by atoms with van der Waals surface area (Å²) in [4.78, 5) is 33.9. The summed E-state index contributed by atoms with van der Waals surface area (Å²) >= 11 is 6.03. The molecule has 6 heteroatoms. The third-order valence-electron chi connectivity index (χ3n) is 4.94. The molecule has 0 radical (unpaired) electrons. The number of aromatic nitrogens is 1. The number of amides is 2. The van der Waals surface area contributed by atoms with Crippen LogP contribution in [0.5, 0.6) is 0 Å². The molecule has 5 nitrogen and oxygen atoms in total. The van der Waals surface area contributed by atoms with Gasteiger partial charge < -0.3 is 4.90 Å². The van der Waals surface area contributed by atoms with E-state index >= 15 is 0 Å². The van der Waals surface area contributed by atoms with Gasteiger partial charge in [0.2, 0.25) is 0 Å². The van der Waals surface area contributed by atoms with Crippen molar-refractivity contribution < 1.29 is 9.59 Å². The van der Waals surface area contributed by atoms with Crippen LogP contribution in [0.2, 0.25) is 5.02 Å². The minimum Gasteiger partial charge on any atom is -0.366 e. The van der Waals surface area contributed by atoms with E-state index in [9.17, 15) is 9.59 Å². The second-order valence-corrected chi connectivity index (χ2v) is 7.97. The molecular weight excluding hydrogens is 386 g/mol. The van der Waals surface area contributed by atoms with E-state index in [1.54, 1.807) is 36.7 Å². The topological polar surface area (TPSA) is 53.5 Å². The Hall–Kier alpha value is -2.66. The van der Waals surface area contributed by atoms with Crippen molar-refractivity contribution >= 4 is 29.0 Å². The second-order valence-electron chi connectivity index (χ2n) is 7.53. The first-order valence-corrected chi connectivity index (χ1v) is 10.3. The predicted molar refractivity (Wildman–Crippen MR) is 115 cm³/mol. The molecule has 0 bridgehead atoms. The molecule has 0 fully saturated rings. The molecule has 2 heterocycles. The number of benzene rings is 1. The highest BCUT2D eigenvalue weighted by molar-refractivity contribution is 6.36. The molecule has 0 unspecified atom stereocenters. The van der Waals surface area contributed by atoms with Crippen molar-refractivity contribution in [2.75, 3.05) is 19.6 Å². The largest absolute Gasteiger partial charge is 0.366 e. The molecular formula is C23H26ClN3O2. The minimum atomic E-state index is -0.233. The molecule has 0 saturated carbocycles. The van der Waals surface area contributed by atoms with Crippen molar-refractivity contribution in [2.24, 2.45) is 5.92 Å². The molecule has 2 amide bonds. The molecule has 0 N–H and O–H groups in total. The van der Waals surface area contributed by atoms with E-state index in [1.165, 1.54) is 4.90 Å². The van der Waals surface area contributed by atoms with E-state index in [1.807, 2.05) is 37.8 Å². The van der Waals surface area contributed by atoms with Gasteiger partial charge in [0.05, 0.1) is 5.57 Å². The average molecular weight is 412 g/mol. The van der Waals surface area contributed by atoms with Crippen LogP contribution in [-0.2, 0) is 16.0 Å². The van der Waals surface area contributed by atoms with Gasteiger partial charge in [0.15, 0.2) is 0 Å². The minimum absolute atomic E-state index is 0.195. The summed E-state index contributed by atoms with van der Waals surface area (Å²) < 4.78 is 0. The number of pyridine rings is 1. The van der Waals surface area contributed by atoms with Crippen LogP contribution in [0.1, 0.15) is 31.9 Å². The summed E-state index contributed by atoms with van der Waals surface area (Å²) in [6.07, 6.45) is 4.29. The molecule has 1 aliphatic rings. The van der Waals surface area contributed by atoms with Crippen molar-refractivity contribution in [1.29, 1.82) is 0 Å². The maximum Gasteiger partial charge on any atom is 0.277 e. The summed E-state index contributed by atoms with van der Waals surface area (Å²) in [5.74, 6) is -0.255. The molecule has 1 aliphatic heterocycles. The van der Waals surface area contributed by atoms with Gasteiger partial charge >= 0.3 is 0 Å². The molecule has 152 valence electrons. The van der Waals surface area contributed by atoms with Gasteiger partial charge in [-0.25, -0.2) is 0 Å². The average Bonchev–Trinajstić information content (AvgIpc) is 2.95. The number of imide groups is 1. The molecule has 1 aromatic heterocycles. The number of rotatable bonds is 8. The molecule has 0 spiro atoms. The highest BCUT2D eigenvalue weighted by atomic mass is 35.5. The quantitative estimate of drug-likeness (QED) is 0.615. The summed E-state index contributed by atoms with van der Waals surface area (Å²) in [6, 6.07) is 11.0. The smallest absolute Gasteiger partial charge is 0.277 e. The lowest BCUT2D eigenvalue weighted by Crippen LogP contribution is -2.38. The van der Waals surface area contributed by atoms with Crippen molar-refractivity contribution in [2.45, 2.75) is 27.2 Å². The molecule has 3 rings (SSSR count). The Morgan fingerprint density at radius 3 is 2.28 bits per heavy atom. The Labute approximate surface area is 177 Å². The van der Waals surface area contributed by atoms with Crippen LogP contribution >= 0.6 is 11.6 Å². The fraction of sp³-hybridized carbons (Fsp3) is 0.348. The van der Waals surface area contributed by atoms with Gasteiger partial charge in [-0.2, -0.15) is 0 Å². The van der Waals surface area contributed by atoms with Crippen molar-refractivity contribution in [1.82, 2.24) is 14.8 Å². The fourth-order valence-corrected chi connectivity index (χ4v) is 3.63. The van der Waals surface area contributed by atoms with E-state index in [0.29, 0.717) is 35.9 Å². The number of carbonyl (C=O) groups is 2. The molecule has 0 saturated heterocycles. The van der Waals surface area contributed by atoms with Gasteiger partial charge in [0, 0.05) is 37.1 Å². The monoisotopic (exact) mass is 411 g/mol. The van der Waals surface area contributed by atoms with E-state index < -0.39 is 0 Å². The highest BCUT2D eigenvalue weighted by Crippen LogP contribution is 2.32. The second kappa shape index (κ2) is 9.23. The summed E-state index contributed by atoms with van der Waals surface area (Å²) in [6.45, 7) is 7.68. The predicted octanol–water partition coefficient (Wildman–Crippen LogP) is 4.04. The number of nitrogens with zero attached hydrogens (tertiary/aromatic N) is 3. The van der Waals surface area contributed by atoms with Crippen molar-refractivity contribution in [3.63, 3.8) is 0 Å². The number of likely N-dealkylation sites (N-methyl/N-ethyl adjacent to an activating group) is 1. The van der Waals surface area contributed by atoms with Crippen LogP contribution in [0, 0.1) is 5.92 Å². The van der Waals surface area contributed by atoms with Crippen LogP contribution in [-0.4, -0.2) is 46.2 Å². The Morgan fingerprint density at radius 2 is 1.69 bits per heavy atom. The molecule has 0 atom stereocenters. The van der Waals surface area contributed by atoms with Crippen LogP contribution in [0.15, 0.2) is 54.5 Å². The van der Waals surface area contributed by atoms with Crippen LogP contribution in [0.3, 0.4) is 0 Å². The van der Waals surface area contributed by atoms with E-state index in [0.717, 1.165) is 17.5 Å². The first-order chi connectivity index (χ1) is 13.9. The standard InChI is InChI=1S/C23H26ClN3O2/c1-4-26(14-11-17-9-12-25-13-10-17)21-20(18-5-7-19(24)8-6-18)22(28)27(23(21)29)15-16(2)3/h5-10,12-13,16H,4,11,14-15H2,1-3H3. The Balaban J connectivity index is 1.98. The molecule has 2 aromatic rings. The number of hydrogen-bond donors (Lipinski definition) is 0. The Morgan fingerprint density at radius 1 is 1.03 bits per heavy atom. The van der Waals surface area contributed by atoms with Gasteiger partial charge in [-0.05, 0) is 54.7 Å². The van der Waals surface area contributed by atoms with E-state index in [4.69, 9.17) is 11.6 Å². The lowest BCUT2D eigenvalue weighted by Gasteiger charge is -2.25. The Kier molecular flexibility index (Phi) is 6.70. The first-order valence-electron chi connectivity index (χ1n) is 9.92. The SMILES string of the molecule is CCN(CCc1ccncc1)C1=C(c2ccc(Cl)cc2)C(=O)N(CC(C)C)C1=O. The number of halogens is 1. The highest BCUT2D eigenvalue weighted by Gasteiger charge is 2.41. The molecule has 1 aromatic carbocycles. The molecule has 0 aliphatic carbocycles. The summed E-state index contributed by atoms with van der Waals surface area (Å²) in [5, 5.41) is 0.594. The lowest BCUT2D eigenvalue weighted by molar-refractivity contribution is -0.138. The van der Waals surface area contributed by atoms with Crippen molar-refractivity contribution in [3.8, 4) is 0 Å². The van der Waals surface area contributed by atoms with E-state index in [-0.39, 0.29) is 17.7 Å². The third-order valence-corrected chi connectivity index (χ3v) is 5.19. The first kappa shape index (κ1) is 21.1. The van der Waals surface area contributed by atoms with Gasteiger partial charge in [-0.1, -0.05) is 37.6 Å². The number of hydrogen-bond acceptors (Lipinski definition) is 4. The zero-order valence-electron chi connectivity index (χ0n) is 17.1. The summed E-state index contributed by atoms with van der Waals surface area (Å²) in [7, 11) is 0. The zero-order chi connectivity index (χ0) is 21.0. The number of carbonyl (C=O) groups excluding carboxylic acids is 2. The van der Waals surface area contributed by atoms with Crippen LogP contribution in [0.4, 0.5) is 0 Å². The van der Waals surface area contributed by atoms with Gasteiger partial charge in [0.1, 0.15) is 5.70 Å². The van der Waals surface area contributed by atoms with Crippen LogP contribution < -0.4 is 0 Å². The Bertz CT molecular complexity index is 907. The maximum absolute atomic E-state index is 13.3. The van der Waals surface area contributed by atoms with Gasteiger partial charge in [-0.3, -0.25) is 19.5 Å². The molecule has 29 heavy (non-hydrogen) atoms. The van der Waals surface area contributed by atoms with Gasteiger partial charge in [0.25, 0.3) is 11.8 Å². The zero-order valence-corrected chi connectivity index (χ0v) is 17.8. The van der Waals surface area contributed by atoms with E-state index in [2.05, 4.69) is 4.98 Å². The third kappa shape index (κ3) is 4.67.